The van der Waals surface area contributed by atoms with E-state index in [1.165, 1.54) is 11.8 Å². The molecule has 2 amide bonds. The van der Waals surface area contributed by atoms with Crippen molar-refractivity contribution in [2.24, 2.45) is 0 Å². The van der Waals surface area contributed by atoms with E-state index in [1.807, 2.05) is 55.5 Å². The molecule has 2 aromatic carbocycles. The minimum atomic E-state index is -0.529. The standard InChI is InChI=1S/C24H28BrClN2O2S/c1-17(24(30)27-22-10-2-3-11-22)28(14-18-6-4-8-20(25)12-18)23(29)16-31-15-19-7-5-9-21(26)13-19/h4-9,12-13,17,22H,2-3,10-11,14-16H2,1H3,(H,27,30)/t17-/m1/s1. The minimum absolute atomic E-state index is 0.0407. The van der Waals surface area contributed by atoms with Crippen molar-refractivity contribution in [2.45, 2.75) is 57.0 Å². The van der Waals surface area contributed by atoms with E-state index in [0.717, 1.165) is 41.3 Å². The molecule has 0 bridgehead atoms. The van der Waals surface area contributed by atoms with Crippen LogP contribution < -0.4 is 5.32 Å². The van der Waals surface area contributed by atoms with E-state index in [2.05, 4.69) is 21.2 Å². The Hall–Kier alpha value is -1.50. The van der Waals surface area contributed by atoms with Crippen molar-refractivity contribution in [2.75, 3.05) is 5.75 Å². The smallest absolute Gasteiger partial charge is 0.242 e. The first-order valence-corrected chi connectivity index (χ1v) is 12.9. The molecule has 3 rings (SSSR count). The van der Waals surface area contributed by atoms with Crippen LogP contribution in [0.1, 0.15) is 43.7 Å². The quantitative estimate of drug-likeness (QED) is 0.451. The van der Waals surface area contributed by atoms with Gasteiger partial charge in [-0.25, -0.2) is 0 Å². The van der Waals surface area contributed by atoms with Crippen LogP contribution in [0.2, 0.25) is 5.02 Å². The summed E-state index contributed by atoms with van der Waals surface area (Å²) in [5.74, 6) is 0.887. The predicted molar refractivity (Wildman–Crippen MR) is 132 cm³/mol. The predicted octanol–water partition coefficient (Wildman–Crippen LogP) is 5.81. The lowest BCUT2D eigenvalue weighted by atomic mass is 10.1. The highest BCUT2D eigenvalue weighted by Crippen LogP contribution is 2.21. The molecule has 1 atom stereocenters. The number of nitrogens with zero attached hydrogens (tertiary/aromatic N) is 1. The lowest BCUT2D eigenvalue weighted by Crippen LogP contribution is -2.50. The van der Waals surface area contributed by atoms with Gasteiger partial charge in [-0.3, -0.25) is 9.59 Å². The van der Waals surface area contributed by atoms with Gasteiger partial charge in [0.2, 0.25) is 11.8 Å². The van der Waals surface area contributed by atoms with E-state index >= 15 is 0 Å². The summed E-state index contributed by atoms with van der Waals surface area (Å²) in [4.78, 5) is 27.8. The van der Waals surface area contributed by atoms with Gasteiger partial charge in [-0.15, -0.1) is 11.8 Å². The molecular weight excluding hydrogens is 496 g/mol. The van der Waals surface area contributed by atoms with Crippen LogP contribution in [-0.4, -0.2) is 34.6 Å². The van der Waals surface area contributed by atoms with E-state index in [1.54, 1.807) is 4.90 Å². The molecule has 2 aromatic rings. The monoisotopic (exact) mass is 522 g/mol. The molecule has 1 aliphatic carbocycles. The fraction of sp³-hybridized carbons (Fsp3) is 0.417. The van der Waals surface area contributed by atoms with Crippen LogP contribution in [0.15, 0.2) is 53.0 Å². The normalized spacial score (nSPS) is 14.9. The molecule has 166 valence electrons. The average Bonchev–Trinajstić information content (AvgIpc) is 3.24. The van der Waals surface area contributed by atoms with Crippen molar-refractivity contribution < 1.29 is 9.59 Å². The highest BCUT2D eigenvalue weighted by Gasteiger charge is 2.28. The molecule has 1 N–H and O–H groups in total. The van der Waals surface area contributed by atoms with Gasteiger partial charge < -0.3 is 10.2 Å². The van der Waals surface area contributed by atoms with Gasteiger partial charge in [-0.1, -0.05) is 64.6 Å². The van der Waals surface area contributed by atoms with E-state index in [4.69, 9.17) is 11.6 Å². The van der Waals surface area contributed by atoms with E-state index in [-0.39, 0.29) is 17.9 Å². The first-order chi connectivity index (χ1) is 14.9. The molecule has 1 saturated carbocycles. The molecule has 0 heterocycles. The number of carbonyl (C=O) groups excluding carboxylic acids is 2. The van der Waals surface area contributed by atoms with E-state index < -0.39 is 6.04 Å². The lowest BCUT2D eigenvalue weighted by molar-refractivity contribution is -0.138. The third kappa shape index (κ3) is 7.55. The summed E-state index contributed by atoms with van der Waals surface area (Å²) in [5, 5.41) is 3.83. The maximum absolute atomic E-state index is 13.2. The summed E-state index contributed by atoms with van der Waals surface area (Å²) in [7, 11) is 0. The van der Waals surface area contributed by atoms with Gasteiger partial charge in [-0.2, -0.15) is 0 Å². The number of carbonyl (C=O) groups is 2. The van der Waals surface area contributed by atoms with Crippen molar-refractivity contribution in [1.82, 2.24) is 10.2 Å². The number of amides is 2. The molecule has 0 spiro atoms. The average molecular weight is 524 g/mol. The van der Waals surface area contributed by atoms with Crippen LogP contribution in [0.3, 0.4) is 0 Å². The first kappa shape index (κ1) is 24.1. The summed E-state index contributed by atoms with van der Waals surface area (Å²) in [6, 6.07) is 15.2. The van der Waals surface area contributed by atoms with Crippen LogP contribution >= 0.6 is 39.3 Å². The van der Waals surface area contributed by atoms with Crippen LogP contribution in [0.4, 0.5) is 0 Å². The van der Waals surface area contributed by atoms with Crippen molar-refractivity contribution in [3.63, 3.8) is 0 Å². The molecule has 0 unspecified atom stereocenters. The van der Waals surface area contributed by atoms with Crippen LogP contribution in [0.5, 0.6) is 0 Å². The molecule has 0 aliphatic heterocycles. The molecule has 0 radical (unpaired) electrons. The zero-order valence-corrected chi connectivity index (χ0v) is 20.8. The fourth-order valence-corrected chi connectivity index (χ4v) is 5.29. The van der Waals surface area contributed by atoms with Crippen molar-refractivity contribution >= 4 is 51.1 Å². The Balaban J connectivity index is 1.65. The zero-order valence-electron chi connectivity index (χ0n) is 17.7. The number of nitrogens with one attached hydrogen (secondary N) is 1. The van der Waals surface area contributed by atoms with Crippen molar-refractivity contribution in [3.05, 3.63) is 69.2 Å². The second-order valence-electron chi connectivity index (χ2n) is 7.94. The molecule has 1 aliphatic rings. The Bertz CT molecular complexity index is 905. The second-order valence-corrected chi connectivity index (χ2v) is 10.3. The summed E-state index contributed by atoms with van der Waals surface area (Å²) >= 11 is 11.1. The van der Waals surface area contributed by atoms with Gasteiger partial charge >= 0.3 is 0 Å². The number of benzene rings is 2. The van der Waals surface area contributed by atoms with Gasteiger partial charge in [0, 0.05) is 27.8 Å². The summed E-state index contributed by atoms with van der Waals surface area (Å²) < 4.78 is 0.954. The number of rotatable bonds is 9. The van der Waals surface area contributed by atoms with Gasteiger partial charge in [0.05, 0.1) is 5.75 Å². The second kappa shape index (κ2) is 11.9. The molecular formula is C24H28BrClN2O2S. The van der Waals surface area contributed by atoms with Gasteiger partial charge in [0.1, 0.15) is 6.04 Å². The van der Waals surface area contributed by atoms with E-state index in [0.29, 0.717) is 23.1 Å². The SMILES string of the molecule is C[C@H](C(=O)NC1CCCC1)N(Cc1cccc(Br)c1)C(=O)CSCc1cccc(Cl)c1. The fourth-order valence-electron chi connectivity index (χ4n) is 3.77. The van der Waals surface area contributed by atoms with Crippen LogP contribution in [0, 0.1) is 0 Å². The maximum atomic E-state index is 13.2. The van der Waals surface area contributed by atoms with Gasteiger partial charge in [0.15, 0.2) is 0 Å². The largest absolute Gasteiger partial charge is 0.352 e. The minimum Gasteiger partial charge on any atom is -0.352 e. The first-order valence-electron chi connectivity index (χ1n) is 10.6. The maximum Gasteiger partial charge on any atom is 0.242 e. The Kier molecular flexibility index (Phi) is 9.30. The Morgan fingerprint density at radius 1 is 1.16 bits per heavy atom. The molecule has 0 saturated heterocycles. The molecule has 1 fully saturated rings. The number of hydrogen-bond acceptors (Lipinski definition) is 3. The Morgan fingerprint density at radius 2 is 1.87 bits per heavy atom. The third-order valence-electron chi connectivity index (χ3n) is 5.49. The Labute approximate surface area is 202 Å². The Morgan fingerprint density at radius 3 is 2.58 bits per heavy atom. The summed E-state index contributed by atoms with van der Waals surface area (Å²) in [6.45, 7) is 2.22. The molecule has 31 heavy (non-hydrogen) atoms. The van der Waals surface area contributed by atoms with Crippen molar-refractivity contribution in [3.8, 4) is 0 Å². The van der Waals surface area contributed by atoms with Crippen molar-refractivity contribution in [1.29, 1.82) is 0 Å². The van der Waals surface area contributed by atoms with E-state index in [9.17, 15) is 9.59 Å². The van der Waals surface area contributed by atoms with Gasteiger partial charge in [0.25, 0.3) is 0 Å². The number of hydrogen-bond donors (Lipinski definition) is 1. The summed E-state index contributed by atoms with van der Waals surface area (Å²) in [6.07, 6.45) is 4.35. The highest BCUT2D eigenvalue weighted by atomic mass is 79.9. The van der Waals surface area contributed by atoms with Crippen LogP contribution in [0.25, 0.3) is 0 Å². The third-order valence-corrected chi connectivity index (χ3v) is 7.21. The molecule has 7 heteroatoms. The zero-order chi connectivity index (χ0) is 22.2. The molecule has 4 nitrogen and oxygen atoms in total. The van der Waals surface area contributed by atoms with Crippen LogP contribution in [-0.2, 0) is 21.9 Å². The highest BCUT2D eigenvalue weighted by molar-refractivity contribution is 9.10. The van der Waals surface area contributed by atoms with Gasteiger partial charge in [-0.05, 0) is 55.2 Å². The molecule has 0 aromatic heterocycles. The summed E-state index contributed by atoms with van der Waals surface area (Å²) in [5.41, 5.74) is 2.07. The number of thioether (sulfide) groups is 1. The number of halogens is 2. The lowest BCUT2D eigenvalue weighted by Gasteiger charge is -2.29. The topological polar surface area (TPSA) is 49.4 Å².